The molecule has 3 nitrogen and oxygen atoms in total. The molecule has 1 N–H and O–H groups in total. The van der Waals surface area contributed by atoms with Crippen molar-refractivity contribution >= 4 is 155 Å². The van der Waals surface area contributed by atoms with E-state index in [2.05, 4.69) is 407 Å². The quantitative estimate of drug-likeness (QED) is 0.138. The number of para-hydroxylation sites is 6. The number of hydrogen-bond acceptors (Lipinski definition) is 3. The number of rotatable bonds is 10. The van der Waals surface area contributed by atoms with Crippen LogP contribution in [0.5, 0.6) is 0 Å². The molecule has 0 aliphatic carbocycles. The number of aryl methyl sites for hydroxylation is 4. The molecule has 8 heteroatoms. The molecule has 0 radical (unpaired) electrons. The molecule has 19 rings (SSSR count). The molecular formula is C100H79Cl2N3Si3. The molecule has 108 heavy (non-hydrogen) atoms. The van der Waals surface area contributed by atoms with Crippen molar-refractivity contribution in [2.75, 3.05) is 15.1 Å². The van der Waals surface area contributed by atoms with Gasteiger partial charge in [-0.25, -0.2) is 0 Å². The van der Waals surface area contributed by atoms with Crippen LogP contribution in [0.1, 0.15) is 22.3 Å². The van der Waals surface area contributed by atoms with Crippen LogP contribution in [-0.2, 0) is 0 Å². The Bertz CT molecular complexity index is 5420. The molecule has 3 aliphatic heterocycles. The van der Waals surface area contributed by atoms with Gasteiger partial charge in [0, 0.05) is 55.5 Å². The third-order valence-electron chi connectivity index (χ3n) is 22.3. The van der Waals surface area contributed by atoms with Crippen LogP contribution in [0.3, 0.4) is 0 Å². The van der Waals surface area contributed by atoms with Crippen LogP contribution in [0.2, 0.25) is 10.0 Å². The molecule has 16 aromatic rings. The largest absolute Gasteiger partial charge is 0.356 e. The Balaban J connectivity index is 0.000000164. The number of nitrogens with one attached hydrogen (secondary N) is 1. The van der Waals surface area contributed by atoms with Crippen LogP contribution < -0.4 is 77.4 Å². The molecule has 0 amide bonds. The number of anilines is 8. The van der Waals surface area contributed by atoms with E-state index in [4.69, 9.17) is 23.2 Å². The van der Waals surface area contributed by atoms with E-state index in [0.717, 1.165) is 32.5 Å². The summed E-state index contributed by atoms with van der Waals surface area (Å²) in [6, 6.07) is 147. The first-order valence-corrected chi connectivity index (χ1v) is 43.9. The molecule has 16 aromatic carbocycles. The van der Waals surface area contributed by atoms with E-state index in [9.17, 15) is 0 Å². The molecule has 0 atom stereocenters. The Labute approximate surface area is 648 Å². The van der Waals surface area contributed by atoms with Crippen LogP contribution >= 0.6 is 23.2 Å². The van der Waals surface area contributed by atoms with Crippen LogP contribution in [0.4, 0.5) is 45.5 Å². The number of fused-ring (bicyclic) bond motifs is 6. The summed E-state index contributed by atoms with van der Waals surface area (Å²) >= 11 is 12.1. The second-order valence-electron chi connectivity index (χ2n) is 28.3. The highest BCUT2D eigenvalue weighted by Gasteiger charge is 2.51. The van der Waals surface area contributed by atoms with Crippen molar-refractivity contribution < 1.29 is 0 Å². The van der Waals surface area contributed by atoms with Crippen molar-refractivity contribution in [2.45, 2.75) is 27.7 Å². The average molecular weight is 1480 g/mol. The Morgan fingerprint density at radius 3 is 0.704 bits per heavy atom. The van der Waals surface area contributed by atoms with E-state index in [1.807, 2.05) is 36.4 Å². The molecule has 0 unspecified atom stereocenters. The van der Waals surface area contributed by atoms with Crippen LogP contribution in [0.15, 0.2) is 400 Å². The van der Waals surface area contributed by atoms with E-state index in [1.54, 1.807) is 0 Å². The normalized spacial score (nSPS) is 13.5. The van der Waals surface area contributed by atoms with Crippen molar-refractivity contribution in [1.82, 2.24) is 0 Å². The molecule has 0 saturated carbocycles. The maximum absolute atomic E-state index is 6.03. The lowest BCUT2D eigenvalue weighted by Crippen LogP contribution is -2.77. The van der Waals surface area contributed by atoms with Crippen LogP contribution in [-0.4, -0.2) is 24.2 Å². The van der Waals surface area contributed by atoms with Gasteiger partial charge in [0.15, 0.2) is 24.2 Å². The predicted molar refractivity (Wildman–Crippen MR) is 470 cm³/mol. The molecule has 3 heterocycles. The zero-order chi connectivity index (χ0) is 73.4. The van der Waals surface area contributed by atoms with Crippen molar-refractivity contribution in [3.05, 3.63) is 433 Å². The van der Waals surface area contributed by atoms with Gasteiger partial charge in [-0.15, -0.1) is 0 Å². The fourth-order valence-electron chi connectivity index (χ4n) is 17.5. The lowest BCUT2D eigenvalue weighted by molar-refractivity contribution is 1.27. The Morgan fingerprint density at radius 1 is 0.213 bits per heavy atom. The summed E-state index contributed by atoms with van der Waals surface area (Å²) in [5, 5.41) is 22.0. The van der Waals surface area contributed by atoms with E-state index in [0.29, 0.717) is 0 Å². The number of halogens is 2. The standard InChI is InChI=1S/C62H48N2Si2.C24H19NSi.C14H12Cl2/c1-45-39-41-47(63-55-31-15-19-35-59(55)65(49-23-7-3-8-24-49,50-25-9-4-10-26-50)60-36-20-16-32-56(60)63)43-53(45)54-44-48(42-40-46(54)2)64-57-33-17-21-37-61(57)66(51-27-11-5-12-28-51,52-29-13-6-14-30-52)62-38-22-18-34-58(62)64;1-3-11-19(12-4-1)26(20-13-5-2-6-14-20)23-17-9-7-15-21(23)25-22-16-8-10-18-24(22)26;1-9-3-5-11(15)7-13(9)14-8-12(16)6-4-10(14)2/h3-44H,1-2H3;1-18,25H;3-8H,1-2H3. The van der Waals surface area contributed by atoms with Gasteiger partial charge in [-0.2, -0.15) is 0 Å². The van der Waals surface area contributed by atoms with Gasteiger partial charge in [-0.3, -0.25) is 0 Å². The third-order valence-corrected chi connectivity index (χ3v) is 37.4. The van der Waals surface area contributed by atoms with Gasteiger partial charge < -0.3 is 15.1 Å². The van der Waals surface area contributed by atoms with Gasteiger partial charge in [-0.05, 0) is 219 Å². The molecule has 0 aromatic heterocycles. The first-order chi connectivity index (χ1) is 53.1. The minimum absolute atomic E-state index is 0.750. The van der Waals surface area contributed by atoms with E-state index in [-0.39, 0.29) is 0 Å². The lowest BCUT2D eigenvalue weighted by atomic mass is 9.94. The smallest absolute Gasteiger partial charge is 0.184 e. The molecular weight excluding hydrogens is 1400 g/mol. The fraction of sp³-hybridized carbons (Fsp3) is 0.0400. The van der Waals surface area contributed by atoms with Gasteiger partial charge in [0.2, 0.25) is 0 Å². The summed E-state index contributed by atoms with van der Waals surface area (Å²) < 4.78 is 0. The van der Waals surface area contributed by atoms with Gasteiger partial charge in [-0.1, -0.05) is 339 Å². The molecule has 0 bridgehead atoms. The van der Waals surface area contributed by atoms with Crippen molar-refractivity contribution in [3.63, 3.8) is 0 Å². The maximum atomic E-state index is 6.03. The number of benzene rings is 16. The van der Waals surface area contributed by atoms with E-state index in [1.165, 1.54) is 130 Å². The van der Waals surface area contributed by atoms with Gasteiger partial charge in [0.25, 0.3) is 0 Å². The molecule has 3 aliphatic rings. The zero-order valence-electron chi connectivity index (χ0n) is 60.8. The summed E-state index contributed by atoms with van der Waals surface area (Å²) in [5.74, 6) is 0. The maximum Gasteiger partial charge on any atom is 0.184 e. The Kier molecular flexibility index (Phi) is 18.9. The first-order valence-electron chi connectivity index (χ1n) is 37.1. The average Bonchev–Trinajstić information content (AvgIpc) is 0.700. The van der Waals surface area contributed by atoms with Crippen molar-refractivity contribution in [2.24, 2.45) is 0 Å². The summed E-state index contributed by atoms with van der Waals surface area (Å²) in [6.45, 7) is 8.67. The highest BCUT2D eigenvalue weighted by Crippen LogP contribution is 2.45. The van der Waals surface area contributed by atoms with Crippen LogP contribution in [0, 0.1) is 27.7 Å². The fourth-order valence-corrected chi connectivity index (χ4v) is 33.1. The summed E-state index contributed by atoms with van der Waals surface area (Å²) in [6.07, 6.45) is 0. The minimum atomic E-state index is -2.73. The summed E-state index contributed by atoms with van der Waals surface area (Å²) in [4.78, 5) is 5.05. The SMILES string of the molecule is Cc1ccc(Cl)cc1-c1cc(Cl)ccc1C.Cc1ccc(N2c3ccccc3[Si](c3ccccc3)(c3ccccc3)c3ccccc32)cc1-c1cc(N2c3ccccc3[Si](c3ccccc3)(c3ccccc3)c3ccccc32)ccc1C.c1ccc([Si]2(c3ccccc3)c3ccccc3Nc3ccccc32)cc1. The number of nitrogens with zero attached hydrogens (tertiary/aromatic N) is 2. The third kappa shape index (κ3) is 11.9. The second kappa shape index (κ2) is 29.5. The topological polar surface area (TPSA) is 18.5 Å². The van der Waals surface area contributed by atoms with Gasteiger partial charge in [0.05, 0.1) is 0 Å². The lowest BCUT2D eigenvalue weighted by Gasteiger charge is -2.45. The highest BCUT2D eigenvalue weighted by atomic mass is 35.5. The highest BCUT2D eigenvalue weighted by molar-refractivity contribution is 7.23. The van der Waals surface area contributed by atoms with Gasteiger partial charge >= 0.3 is 0 Å². The predicted octanol–water partition coefficient (Wildman–Crippen LogP) is 18.7. The van der Waals surface area contributed by atoms with Crippen LogP contribution in [0.25, 0.3) is 22.3 Å². The van der Waals surface area contributed by atoms with Crippen molar-refractivity contribution in [3.8, 4) is 22.3 Å². The number of hydrogen-bond donors (Lipinski definition) is 1. The second-order valence-corrected chi connectivity index (χ2v) is 40.4. The zero-order valence-corrected chi connectivity index (χ0v) is 65.3. The van der Waals surface area contributed by atoms with Crippen molar-refractivity contribution in [1.29, 1.82) is 0 Å². The Morgan fingerprint density at radius 2 is 0.426 bits per heavy atom. The summed E-state index contributed by atoms with van der Waals surface area (Å²) in [7, 11) is -7.80. The summed E-state index contributed by atoms with van der Waals surface area (Å²) in [5.41, 5.74) is 19.4. The van der Waals surface area contributed by atoms with Gasteiger partial charge in [0.1, 0.15) is 0 Å². The molecule has 0 fully saturated rings. The molecule has 520 valence electrons. The Hall–Kier alpha value is -11.8. The molecule has 0 spiro atoms. The monoisotopic (exact) mass is 1480 g/mol. The minimum Gasteiger partial charge on any atom is -0.356 e. The van der Waals surface area contributed by atoms with E-state index >= 15 is 0 Å². The molecule has 0 saturated heterocycles. The first kappa shape index (κ1) is 69.2. The van der Waals surface area contributed by atoms with E-state index < -0.39 is 24.2 Å².